The molecule has 0 aliphatic rings. The van der Waals surface area contributed by atoms with E-state index in [2.05, 4.69) is 0 Å². The van der Waals surface area contributed by atoms with E-state index in [0.29, 0.717) is 12.8 Å². The standard InChI is InChI=1S/C12H18O2/c1-4-12(13,5-2)10-8-6-7-9-11(10)14-3/h6-9,13H,4-5H2,1-3H3. The average molecular weight is 194 g/mol. The molecule has 14 heavy (non-hydrogen) atoms. The third kappa shape index (κ3) is 1.90. The first-order valence-electron chi connectivity index (χ1n) is 5.03. The first kappa shape index (κ1) is 11.1. The van der Waals surface area contributed by atoms with E-state index in [0.717, 1.165) is 11.3 Å². The molecule has 1 aromatic rings. The van der Waals surface area contributed by atoms with E-state index in [9.17, 15) is 5.11 Å². The van der Waals surface area contributed by atoms with Crippen molar-refractivity contribution in [3.05, 3.63) is 29.8 Å². The molecule has 2 nitrogen and oxygen atoms in total. The van der Waals surface area contributed by atoms with Crippen molar-refractivity contribution in [2.75, 3.05) is 7.11 Å². The summed E-state index contributed by atoms with van der Waals surface area (Å²) in [5.41, 5.74) is 0.125. The Balaban J connectivity index is 3.15. The molecule has 0 aromatic heterocycles. The molecule has 0 unspecified atom stereocenters. The minimum atomic E-state index is -0.757. The lowest BCUT2D eigenvalue weighted by atomic mass is 9.88. The van der Waals surface area contributed by atoms with E-state index in [1.165, 1.54) is 0 Å². The van der Waals surface area contributed by atoms with Crippen LogP contribution >= 0.6 is 0 Å². The highest BCUT2D eigenvalue weighted by atomic mass is 16.5. The Bertz CT molecular complexity index is 290. The molecule has 0 atom stereocenters. The van der Waals surface area contributed by atoms with E-state index >= 15 is 0 Å². The van der Waals surface area contributed by atoms with Crippen LogP contribution in [0.15, 0.2) is 24.3 Å². The molecule has 1 rings (SSSR count). The molecular weight excluding hydrogens is 176 g/mol. The Kier molecular flexibility index (Phi) is 3.53. The number of ether oxygens (including phenoxy) is 1. The van der Waals surface area contributed by atoms with Gasteiger partial charge in [-0.1, -0.05) is 32.0 Å². The van der Waals surface area contributed by atoms with Crippen LogP contribution in [0.2, 0.25) is 0 Å². The van der Waals surface area contributed by atoms with E-state index in [1.807, 2.05) is 38.1 Å². The SMILES string of the molecule is CCC(O)(CC)c1ccccc1OC. The van der Waals surface area contributed by atoms with E-state index in [1.54, 1.807) is 7.11 Å². The molecule has 0 aliphatic carbocycles. The predicted molar refractivity (Wildman–Crippen MR) is 57.5 cm³/mol. The van der Waals surface area contributed by atoms with Crippen molar-refractivity contribution in [3.8, 4) is 5.75 Å². The smallest absolute Gasteiger partial charge is 0.124 e. The second-order valence-corrected chi connectivity index (χ2v) is 3.44. The van der Waals surface area contributed by atoms with Crippen LogP contribution in [0.25, 0.3) is 0 Å². The third-order valence-corrected chi connectivity index (χ3v) is 2.78. The molecule has 0 aliphatic heterocycles. The third-order valence-electron chi connectivity index (χ3n) is 2.78. The van der Waals surface area contributed by atoms with Crippen LogP contribution < -0.4 is 4.74 Å². The van der Waals surface area contributed by atoms with Crippen LogP contribution in [0, 0.1) is 0 Å². The van der Waals surface area contributed by atoms with Crippen LogP contribution in [0.5, 0.6) is 5.75 Å². The van der Waals surface area contributed by atoms with Crippen molar-refractivity contribution < 1.29 is 9.84 Å². The van der Waals surface area contributed by atoms with Crippen LogP contribution in [0.4, 0.5) is 0 Å². The van der Waals surface area contributed by atoms with Gasteiger partial charge in [0.25, 0.3) is 0 Å². The highest BCUT2D eigenvalue weighted by molar-refractivity contribution is 5.37. The highest BCUT2D eigenvalue weighted by Crippen LogP contribution is 2.34. The first-order chi connectivity index (χ1) is 6.68. The maximum Gasteiger partial charge on any atom is 0.124 e. The molecule has 2 heteroatoms. The molecule has 0 saturated carbocycles. The normalized spacial score (nSPS) is 11.4. The summed E-state index contributed by atoms with van der Waals surface area (Å²) in [6.07, 6.45) is 1.40. The van der Waals surface area contributed by atoms with Crippen molar-refractivity contribution in [1.29, 1.82) is 0 Å². The molecule has 0 fully saturated rings. The summed E-state index contributed by atoms with van der Waals surface area (Å²) in [5, 5.41) is 10.3. The van der Waals surface area contributed by atoms with Crippen molar-refractivity contribution in [3.63, 3.8) is 0 Å². The monoisotopic (exact) mass is 194 g/mol. The van der Waals surface area contributed by atoms with Gasteiger partial charge in [-0.3, -0.25) is 0 Å². The zero-order valence-electron chi connectivity index (χ0n) is 9.08. The Morgan fingerprint density at radius 1 is 1.21 bits per heavy atom. The fourth-order valence-electron chi connectivity index (χ4n) is 1.66. The fraction of sp³-hybridized carbons (Fsp3) is 0.500. The fourth-order valence-corrected chi connectivity index (χ4v) is 1.66. The maximum absolute atomic E-state index is 10.3. The van der Waals surface area contributed by atoms with Gasteiger partial charge in [0.05, 0.1) is 12.7 Å². The Morgan fingerprint density at radius 3 is 2.29 bits per heavy atom. The number of hydrogen-bond donors (Lipinski definition) is 1. The van der Waals surface area contributed by atoms with Gasteiger partial charge in [-0.25, -0.2) is 0 Å². The number of benzene rings is 1. The predicted octanol–water partition coefficient (Wildman–Crippen LogP) is 2.70. The molecule has 78 valence electrons. The highest BCUT2D eigenvalue weighted by Gasteiger charge is 2.27. The summed E-state index contributed by atoms with van der Waals surface area (Å²) in [6.45, 7) is 3.96. The molecule has 0 saturated heterocycles. The van der Waals surface area contributed by atoms with Crippen LogP contribution in [0.3, 0.4) is 0 Å². The number of hydrogen-bond acceptors (Lipinski definition) is 2. The number of rotatable bonds is 4. The van der Waals surface area contributed by atoms with Crippen LogP contribution in [0.1, 0.15) is 32.3 Å². The Morgan fingerprint density at radius 2 is 1.79 bits per heavy atom. The van der Waals surface area contributed by atoms with Crippen molar-refractivity contribution >= 4 is 0 Å². The van der Waals surface area contributed by atoms with E-state index in [-0.39, 0.29) is 0 Å². The van der Waals surface area contributed by atoms with Crippen molar-refractivity contribution in [2.24, 2.45) is 0 Å². The van der Waals surface area contributed by atoms with E-state index in [4.69, 9.17) is 4.74 Å². The largest absolute Gasteiger partial charge is 0.496 e. The second-order valence-electron chi connectivity index (χ2n) is 3.44. The lowest BCUT2D eigenvalue weighted by molar-refractivity contribution is 0.0260. The summed E-state index contributed by atoms with van der Waals surface area (Å²) in [5.74, 6) is 0.763. The van der Waals surface area contributed by atoms with Gasteiger partial charge in [0.15, 0.2) is 0 Å². The number of methoxy groups -OCH3 is 1. The van der Waals surface area contributed by atoms with Gasteiger partial charge in [-0.2, -0.15) is 0 Å². The quantitative estimate of drug-likeness (QED) is 0.798. The molecule has 0 spiro atoms. The first-order valence-corrected chi connectivity index (χ1v) is 5.03. The summed E-state index contributed by atoms with van der Waals surface area (Å²) >= 11 is 0. The van der Waals surface area contributed by atoms with Gasteiger partial charge in [-0.05, 0) is 18.9 Å². The second kappa shape index (κ2) is 4.47. The van der Waals surface area contributed by atoms with Gasteiger partial charge in [0, 0.05) is 5.56 Å². The van der Waals surface area contributed by atoms with Crippen LogP contribution in [-0.2, 0) is 5.60 Å². The summed E-state index contributed by atoms with van der Waals surface area (Å²) < 4.78 is 5.24. The zero-order chi connectivity index (χ0) is 10.6. The molecule has 1 aromatic carbocycles. The van der Waals surface area contributed by atoms with Crippen LogP contribution in [-0.4, -0.2) is 12.2 Å². The van der Waals surface area contributed by atoms with Gasteiger partial charge >= 0.3 is 0 Å². The van der Waals surface area contributed by atoms with Gasteiger partial charge in [0.1, 0.15) is 5.75 Å². The maximum atomic E-state index is 10.3. The van der Waals surface area contributed by atoms with Crippen molar-refractivity contribution in [1.82, 2.24) is 0 Å². The minimum Gasteiger partial charge on any atom is -0.496 e. The molecule has 1 N–H and O–H groups in total. The lowest BCUT2D eigenvalue weighted by Crippen LogP contribution is -2.24. The molecule has 0 amide bonds. The lowest BCUT2D eigenvalue weighted by Gasteiger charge is -2.27. The molecular formula is C12H18O2. The van der Waals surface area contributed by atoms with E-state index < -0.39 is 5.60 Å². The molecule has 0 bridgehead atoms. The molecule has 0 radical (unpaired) electrons. The number of aliphatic hydroxyl groups is 1. The minimum absolute atomic E-state index is 0.698. The average Bonchev–Trinajstić information content (AvgIpc) is 2.28. The van der Waals surface area contributed by atoms with Gasteiger partial charge in [-0.15, -0.1) is 0 Å². The Hall–Kier alpha value is -1.02. The summed E-state index contributed by atoms with van der Waals surface area (Å²) in [7, 11) is 1.63. The molecule has 0 heterocycles. The van der Waals surface area contributed by atoms with Gasteiger partial charge < -0.3 is 9.84 Å². The summed E-state index contributed by atoms with van der Waals surface area (Å²) in [6, 6.07) is 7.64. The summed E-state index contributed by atoms with van der Waals surface area (Å²) in [4.78, 5) is 0. The topological polar surface area (TPSA) is 29.5 Å². The van der Waals surface area contributed by atoms with Gasteiger partial charge in [0.2, 0.25) is 0 Å². The Labute approximate surface area is 85.5 Å². The zero-order valence-corrected chi connectivity index (χ0v) is 9.08. The number of para-hydroxylation sites is 1. The van der Waals surface area contributed by atoms with Crippen molar-refractivity contribution in [2.45, 2.75) is 32.3 Å².